The molecule has 0 saturated heterocycles. The van der Waals surface area contributed by atoms with Gasteiger partial charge in [0, 0.05) is 18.2 Å². The number of halogens is 2. The normalized spacial score (nSPS) is 10.5. The maximum Gasteiger partial charge on any atom is 0.157 e. The fourth-order valence-corrected chi connectivity index (χ4v) is 1.39. The summed E-state index contributed by atoms with van der Waals surface area (Å²) in [5, 5.41) is 4.02. The highest BCUT2D eigenvalue weighted by Crippen LogP contribution is 2.14. The number of aryl methyl sites for hydroxylation is 1. The summed E-state index contributed by atoms with van der Waals surface area (Å²) in [7, 11) is 0. The first-order valence-electron chi connectivity index (χ1n) is 5.28. The zero-order valence-corrected chi connectivity index (χ0v) is 9.36. The SMILES string of the molecule is CCn1cc(OCc2ccc(F)cc2F)cn1. The first-order chi connectivity index (χ1) is 8.19. The summed E-state index contributed by atoms with van der Waals surface area (Å²) in [6.07, 6.45) is 3.28. The summed E-state index contributed by atoms with van der Waals surface area (Å²) in [5.41, 5.74) is 0.315. The Balaban J connectivity index is 2.02. The summed E-state index contributed by atoms with van der Waals surface area (Å²) in [5.74, 6) is -0.631. The van der Waals surface area contributed by atoms with Crippen molar-refractivity contribution in [2.75, 3.05) is 0 Å². The van der Waals surface area contributed by atoms with Gasteiger partial charge in [0.25, 0.3) is 0 Å². The van der Waals surface area contributed by atoms with Crippen LogP contribution < -0.4 is 4.74 Å². The number of hydrogen-bond acceptors (Lipinski definition) is 2. The third-order valence-corrected chi connectivity index (χ3v) is 2.34. The van der Waals surface area contributed by atoms with Crippen molar-refractivity contribution in [3.05, 3.63) is 47.8 Å². The van der Waals surface area contributed by atoms with Crippen molar-refractivity contribution in [3.8, 4) is 5.75 Å². The number of nitrogens with zero attached hydrogens (tertiary/aromatic N) is 2. The maximum atomic E-state index is 13.3. The Morgan fingerprint density at radius 1 is 1.35 bits per heavy atom. The van der Waals surface area contributed by atoms with Crippen LogP contribution in [0.2, 0.25) is 0 Å². The Morgan fingerprint density at radius 2 is 2.18 bits per heavy atom. The molecule has 0 unspecified atom stereocenters. The van der Waals surface area contributed by atoms with E-state index < -0.39 is 11.6 Å². The number of aromatic nitrogens is 2. The van der Waals surface area contributed by atoms with Crippen molar-refractivity contribution in [3.63, 3.8) is 0 Å². The molecule has 2 rings (SSSR count). The van der Waals surface area contributed by atoms with E-state index in [0.29, 0.717) is 11.3 Å². The van der Waals surface area contributed by atoms with Crippen molar-refractivity contribution < 1.29 is 13.5 Å². The summed E-state index contributed by atoms with van der Waals surface area (Å²) in [6.45, 7) is 2.76. The van der Waals surface area contributed by atoms with E-state index in [1.54, 1.807) is 17.1 Å². The number of hydrogen-bond donors (Lipinski definition) is 0. The van der Waals surface area contributed by atoms with Gasteiger partial charge >= 0.3 is 0 Å². The van der Waals surface area contributed by atoms with Crippen molar-refractivity contribution in [1.82, 2.24) is 9.78 Å². The molecular formula is C12H12F2N2O. The van der Waals surface area contributed by atoms with Gasteiger partial charge in [0.15, 0.2) is 5.75 Å². The molecule has 0 aliphatic carbocycles. The minimum absolute atomic E-state index is 0.0571. The van der Waals surface area contributed by atoms with Crippen molar-refractivity contribution in [2.45, 2.75) is 20.1 Å². The molecule has 3 nitrogen and oxygen atoms in total. The lowest BCUT2D eigenvalue weighted by molar-refractivity contribution is 0.299. The first-order valence-corrected chi connectivity index (χ1v) is 5.28. The smallest absolute Gasteiger partial charge is 0.157 e. The van der Waals surface area contributed by atoms with E-state index in [1.165, 1.54) is 12.1 Å². The van der Waals surface area contributed by atoms with Crippen LogP contribution >= 0.6 is 0 Å². The van der Waals surface area contributed by atoms with Crippen molar-refractivity contribution >= 4 is 0 Å². The lowest BCUT2D eigenvalue weighted by Crippen LogP contribution is -1.98. The van der Waals surface area contributed by atoms with Gasteiger partial charge in [-0.25, -0.2) is 8.78 Å². The van der Waals surface area contributed by atoms with Crippen LogP contribution in [0, 0.1) is 11.6 Å². The van der Waals surface area contributed by atoms with Gasteiger partial charge in [-0.2, -0.15) is 5.10 Å². The van der Waals surface area contributed by atoms with E-state index in [-0.39, 0.29) is 6.61 Å². The zero-order valence-electron chi connectivity index (χ0n) is 9.36. The molecule has 0 radical (unpaired) electrons. The highest BCUT2D eigenvalue weighted by molar-refractivity contribution is 5.19. The fraction of sp³-hybridized carbons (Fsp3) is 0.250. The lowest BCUT2D eigenvalue weighted by atomic mass is 10.2. The van der Waals surface area contributed by atoms with E-state index in [9.17, 15) is 8.78 Å². The van der Waals surface area contributed by atoms with Crippen LogP contribution in [-0.4, -0.2) is 9.78 Å². The Kier molecular flexibility index (Phi) is 3.37. The predicted octanol–water partition coefficient (Wildman–Crippen LogP) is 2.76. The third kappa shape index (κ3) is 2.81. The summed E-state index contributed by atoms with van der Waals surface area (Å²) in [4.78, 5) is 0. The minimum atomic E-state index is -0.604. The minimum Gasteiger partial charge on any atom is -0.486 e. The Hall–Kier alpha value is -1.91. The molecule has 0 amide bonds. The van der Waals surface area contributed by atoms with Gasteiger partial charge in [-0.3, -0.25) is 4.68 Å². The average molecular weight is 238 g/mol. The fourth-order valence-electron chi connectivity index (χ4n) is 1.39. The second-order valence-corrected chi connectivity index (χ2v) is 3.56. The second kappa shape index (κ2) is 4.95. The lowest BCUT2D eigenvalue weighted by Gasteiger charge is -2.04. The standard InChI is InChI=1S/C12H12F2N2O/c1-2-16-7-11(6-15-16)17-8-9-3-4-10(13)5-12(9)14/h3-7H,2,8H2,1H3. The first kappa shape index (κ1) is 11.6. The Morgan fingerprint density at radius 3 is 2.82 bits per heavy atom. The molecule has 0 atom stereocenters. The van der Waals surface area contributed by atoms with Gasteiger partial charge in [0.05, 0.1) is 12.4 Å². The number of benzene rings is 1. The molecule has 90 valence electrons. The molecule has 5 heteroatoms. The van der Waals surface area contributed by atoms with E-state index in [2.05, 4.69) is 5.10 Å². The molecule has 0 aliphatic heterocycles. The van der Waals surface area contributed by atoms with Crippen LogP contribution in [0.15, 0.2) is 30.6 Å². The molecule has 0 bridgehead atoms. The summed E-state index contributed by atoms with van der Waals surface area (Å²) < 4.78 is 33.0. The molecule has 0 saturated carbocycles. The summed E-state index contributed by atoms with van der Waals surface area (Å²) in [6, 6.07) is 3.42. The molecule has 1 heterocycles. The van der Waals surface area contributed by atoms with Crippen LogP contribution in [0.25, 0.3) is 0 Å². The Labute approximate surface area is 97.6 Å². The van der Waals surface area contributed by atoms with Gasteiger partial charge in [-0.1, -0.05) is 0 Å². The monoisotopic (exact) mass is 238 g/mol. The molecule has 17 heavy (non-hydrogen) atoms. The van der Waals surface area contributed by atoms with E-state index in [1.807, 2.05) is 6.92 Å². The van der Waals surface area contributed by atoms with Gasteiger partial charge in [0.1, 0.15) is 18.2 Å². The molecule has 0 fully saturated rings. The van der Waals surface area contributed by atoms with Crippen LogP contribution in [0.4, 0.5) is 8.78 Å². The topological polar surface area (TPSA) is 27.1 Å². The predicted molar refractivity (Wildman–Crippen MR) is 58.6 cm³/mol. The van der Waals surface area contributed by atoms with E-state index in [0.717, 1.165) is 12.6 Å². The molecular weight excluding hydrogens is 226 g/mol. The number of ether oxygens (including phenoxy) is 1. The average Bonchev–Trinajstić information content (AvgIpc) is 2.76. The van der Waals surface area contributed by atoms with Crippen LogP contribution in [0.5, 0.6) is 5.75 Å². The van der Waals surface area contributed by atoms with Crippen LogP contribution in [-0.2, 0) is 13.2 Å². The highest BCUT2D eigenvalue weighted by atomic mass is 19.1. The largest absolute Gasteiger partial charge is 0.486 e. The van der Waals surface area contributed by atoms with Crippen molar-refractivity contribution in [2.24, 2.45) is 0 Å². The molecule has 2 aromatic rings. The van der Waals surface area contributed by atoms with Gasteiger partial charge in [-0.15, -0.1) is 0 Å². The van der Waals surface area contributed by atoms with Crippen molar-refractivity contribution in [1.29, 1.82) is 0 Å². The van der Waals surface area contributed by atoms with Gasteiger partial charge in [-0.05, 0) is 19.1 Å². The Bertz CT molecular complexity index is 511. The summed E-state index contributed by atoms with van der Waals surface area (Å²) >= 11 is 0. The van der Waals surface area contributed by atoms with Crippen LogP contribution in [0.1, 0.15) is 12.5 Å². The molecule has 1 aromatic heterocycles. The third-order valence-electron chi connectivity index (χ3n) is 2.34. The van der Waals surface area contributed by atoms with Gasteiger partial charge < -0.3 is 4.74 Å². The maximum absolute atomic E-state index is 13.3. The number of rotatable bonds is 4. The molecule has 0 aliphatic rings. The quantitative estimate of drug-likeness (QED) is 0.819. The van der Waals surface area contributed by atoms with Gasteiger partial charge in [0.2, 0.25) is 0 Å². The molecule has 0 spiro atoms. The molecule has 0 N–H and O–H groups in total. The molecule has 1 aromatic carbocycles. The van der Waals surface area contributed by atoms with E-state index >= 15 is 0 Å². The van der Waals surface area contributed by atoms with E-state index in [4.69, 9.17) is 4.74 Å². The van der Waals surface area contributed by atoms with Crippen LogP contribution in [0.3, 0.4) is 0 Å². The zero-order chi connectivity index (χ0) is 12.3. The highest BCUT2D eigenvalue weighted by Gasteiger charge is 2.05. The second-order valence-electron chi connectivity index (χ2n) is 3.56.